The Bertz CT molecular complexity index is 256. The van der Waals surface area contributed by atoms with E-state index in [1.54, 1.807) is 0 Å². The first kappa shape index (κ1) is 10.3. The Morgan fingerprint density at radius 2 is 2.15 bits per heavy atom. The molecule has 1 aliphatic rings. The van der Waals surface area contributed by atoms with Gasteiger partial charge in [0.25, 0.3) is 0 Å². The molecule has 0 fully saturated rings. The second-order valence-electron chi connectivity index (χ2n) is 4.24. The molecule has 0 N–H and O–H groups in total. The Labute approximate surface area is 81.9 Å². The summed E-state index contributed by atoms with van der Waals surface area (Å²) in [5.41, 5.74) is 1.30. The summed E-state index contributed by atoms with van der Waals surface area (Å²) in [6, 6.07) is 0. The van der Waals surface area contributed by atoms with Gasteiger partial charge in [0.1, 0.15) is 5.76 Å². The maximum atomic E-state index is 5.95. The van der Waals surface area contributed by atoms with E-state index in [1.165, 1.54) is 5.57 Å². The number of rotatable bonds is 4. The molecule has 0 aromatic heterocycles. The van der Waals surface area contributed by atoms with Crippen molar-refractivity contribution < 1.29 is 4.43 Å². The van der Waals surface area contributed by atoms with E-state index in [-0.39, 0.29) is 0 Å². The maximum absolute atomic E-state index is 5.95. The zero-order valence-electron chi connectivity index (χ0n) is 8.76. The molecule has 0 aromatic carbocycles. The fraction of sp³-hybridized carbons (Fsp3) is 0.455. The summed E-state index contributed by atoms with van der Waals surface area (Å²) in [6.07, 6.45) is 8.26. The molecule has 0 saturated heterocycles. The summed E-state index contributed by atoms with van der Waals surface area (Å²) < 4.78 is 5.95. The van der Waals surface area contributed by atoms with Crippen molar-refractivity contribution in [3.63, 3.8) is 0 Å². The zero-order valence-corrected chi connectivity index (χ0v) is 9.76. The highest BCUT2D eigenvalue weighted by atomic mass is 28.4. The first-order valence-corrected chi connectivity index (χ1v) is 8.13. The smallest absolute Gasteiger partial charge is 0.242 e. The van der Waals surface area contributed by atoms with Crippen LogP contribution in [-0.4, -0.2) is 8.32 Å². The van der Waals surface area contributed by atoms with Crippen molar-refractivity contribution in [2.24, 2.45) is 0 Å². The standard InChI is InChI=1S/C11H18OSi/c1-5-7-10-8-6-9-11(10)12-13(2,3)4/h5,8-9H,1,6-7H2,2-4H3. The molecule has 72 valence electrons. The van der Waals surface area contributed by atoms with Gasteiger partial charge in [-0.3, -0.25) is 0 Å². The summed E-state index contributed by atoms with van der Waals surface area (Å²) in [4.78, 5) is 0. The third-order valence-electron chi connectivity index (χ3n) is 1.76. The molecule has 1 rings (SSSR count). The SMILES string of the molecule is C=CCC1=CCC=C1O[Si](C)(C)C. The highest BCUT2D eigenvalue weighted by molar-refractivity contribution is 6.70. The van der Waals surface area contributed by atoms with Crippen LogP contribution in [0.15, 0.2) is 36.1 Å². The Morgan fingerprint density at radius 3 is 2.69 bits per heavy atom. The summed E-state index contributed by atoms with van der Waals surface area (Å²) >= 11 is 0. The van der Waals surface area contributed by atoms with Crippen LogP contribution in [0.5, 0.6) is 0 Å². The van der Waals surface area contributed by atoms with Gasteiger partial charge in [-0.25, -0.2) is 0 Å². The van der Waals surface area contributed by atoms with Gasteiger partial charge in [0.2, 0.25) is 8.32 Å². The number of allylic oxidation sites excluding steroid dienone is 4. The lowest BCUT2D eigenvalue weighted by atomic mass is 10.2. The van der Waals surface area contributed by atoms with Crippen LogP contribution in [0.25, 0.3) is 0 Å². The van der Waals surface area contributed by atoms with E-state index < -0.39 is 8.32 Å². The highest BCUT2D eigenvalue weighted by Gasteiger charge is 2.20. The first-order valence-electron chi connectivity index (χ1n) is 4.72. The monoisotopic (exact) mass is 194 g/mol. The van der Waals surface area contributed by atoms with E-state index in [0.717, 1.165) is 18.6 Å². The van der Waals surface area contributed by atoms with Crippen molar-refractivity contribution in [2.75, 3.05) is 0 Å². The topological polar surface area (TPSA) is 9.23 Å². The largest absolute Gasteiger partial charge is 0.544 e. The van der Waals surface area contributed by atoms with Gasteiger partial charge in [-0.15, -0.1) is 6.58 Å². The van der Waals surface area contributed by atoms with Crippen LogP contribution in [0.3, 0.4) is 0 Å². The second kappa shape index (κ2) is 3.96. The number of hydrogen-bond acceptors (Lipinski definition) is 1. The maximum Gasteiger partial charge on any atom is 0.242 e. The van der Waals surface area contributed by atoms with Crippen molar-refractivity contribution in [3.05, 3.63) is 36.1 Å². The summed E-state index contributed by atoms with van der Waals surface area (Å²) in [5.74, 6) is 1.10. The molecule has 1 nitrogen and oxygen atoms in total. The van der Waals surface area contributed by atoms with Crippen molar-refractivity contribution in [3.8, 4) is 0 Å². The Balaban J connectivity index is 2.61. The third-order valence-corrected chi connectivity index (χ3v) is 2.60. The van der Waals surface area contributed by atoms with Crippen molar-refractivity contribution in [2.45, 2.75) is 32.5 Å². The minimum atomic E-state index is -1.44. The zero-order chi connectivity index (χ0) is 9.90. The predicted molar refractivity (Wildman–Crippen MR) is 60.0 cm³/mol. The normalized spacial score (nSPS) is 16.5. The minimum absolute atomic E-state index is 0.927. The number of hydrogen-bond donors (Lipinski definition) is 0. The van der Waals surface area contributed by atoms with Gasteiger partial charge >= 0.3 is 0 Å². The van der Waals surface area contributed by atoms with E-state index in [4.69, 9.17) is 4.43 Å². The lowest BCUT2D eigenvalue weighted by molar-refractivity contribution is 0.432. The van der Waals surface area contributed by atoms with E-state index in [1.807, 2.05) is 6.08 Å². The van der Waals surface area contributed by atoms with Gasteiger partial charge in [0, 0.05) is 0 Å². The average molecular weight is 194 g/mol. The lowest BCUT2D eigenvalue weighted by Crippen LogP contribution is -2.24. The molecule has 0 radical (unpaired) electrons. The van der Waals surface area contributed by atoms with Crippen LogP contribution in [-0.2, 0) is 4.43 Å². The quantitative estimate of drug-likeness (QED) is 0.490. The predicted octanol–water partition coefficient (Wildman–Crippen LogP) is 3.63. The van der Waals surface area contributed by atoms with Gasteiger partial charge in [0.05, 0.1) is 0 Å². The van der Waals surface area contributed by atoms with Crippen LogP contribution in [0.1, 0.15) is 12.8 Å². The van der Waals surface area contributed by atoms with Crippen LogP contribution >= 0.6 is 0 Å². The van der Waals surface area contributed by atoms with Crippen LogP contribution in [0.2, 0.25) is 19.6 Å². The van der Waals surface area contributed by atoms with Crippen LogP contribution in [0, 0.1) is 0 Å². The Hall–Kier alpha value is -0.763. The van der Waals surface area contributed by atoms with Gasteiger partial charge in [-0.05, 0) is 44.1 Å². The molecule has 1 aliphatic carbocycles. The van der Waals surface area contributed by atoms with E-state index >= 15 is 0 Å². The second-order valence-corrected chi connectivity index (χ2v) is 8.67. The minimum Gasteiger partial charge on any atom is -0.544 e. The van der Waals surface area contributed by atoms with E-state index in [2.05, 4.69) is 38.4 Å². The molecule has 0 saturated carbocycles. The van der Waals surface area contributed by atoms with Gasteiger partial charge in [0.15, 0.2) is 0 Å². The van der Waals surface area contributed by atoms with E-state index in [9.17, 15) is 0 Å². The molecule has 0 bridgehead atoms. The Morgan fingerprint density at radius 1 is 1.46 bits per heavy atom. The van der Waals surface area contributed by atoms with E-state index in [0.29, 0.717) is 0 Å². The average Bonchev–Trinajstić information content (AvgIpc) is 2.34. The molecule has 0 amide bonds. The molecular weight excluding hydrogens is 176 g/mol. The van der Waals surface area contributed by atoms with Crippen LogP contribution < -0.4 is 0 Å². The molecular formula is C11H18OSi. The van der Waals surface area contributed by atoms with Gasteiger partial charge in [-0.1, -0.05) is 12.2 Å². The summed E-state index contributed by atoms with van der Waals surface area (Å²) in [7, 11) is -1.44. The van der Waals surface area contributed by atoms with Gasteiger partial charge < -0.3 is 4.43 Å². The van der Waals surface area contributed by atoms with Crippen molar-refractivity contribution >= 4 is 8.32 Å². The molecule has 0 aromatic rings. The molecule has 0 aliphatic heterocycles. The highest BCUT2D eigenvalue weighted by Crippen LogP contribution is 2.26. The third kappa shape index (κ3) is 3.23. The molecule has 0 unspecified atom stereocenters. The molecule has 2 heteroatoms. The van der Waals surface area contributed by atoms with Gasteiger partial charge in [-0.2, -0.15) is 0 Å². The summed E-state index contributed by atoms with van der Waals surface area (Å²) in [6.45, 7) is 10.4. The first-order chi connectivity index (χ1) is 6.03. The molecule has 0 spiro atoms. The Kier molecular flexibility index (Phi) is 3.15. The lowest BCUT2D eigenvalue weighted by Gasteiger charge is -2.21. The summed E-state index contributed by atoms with van der Waals surface area (Å²) in [5, 5.41) is 0. The molecule has 0 heterocycles. The fourth-order valence-electron chi connectivity index (χ4n) is 1.32. The van der Waals surface area contributed by atoms with Crippen LogP contribution in [0.4, 0.5) is 0 Å². The van der Waals surface area contributed by atoms with Crippen molar-refractivity contribution in [1.82, 2.24) is 0 Å². The molecule has 0 atom stereocenters. The molecule has 13 heavy (non-hydrogen) atoms. The van der Waals surface area contributed by atoms with Crippen molar-refractivity contribution in [1.29, 1.82) is 0 Å². The fourth-order valence-corrected chi connectivity index (χ4v) is 2.19.